The van der Waals surface area contributed by atoms with Crippen LogP contribution in [0.15, 0.2) is 24.6 Å². The van der Waals surface area contributed by atoms with Crippen molar-refractivity contribution in [1.29, 1.82) is 0 Å². The summed E-state index contributed by atoms with van der Waals surface area (Å²) in [4.78, 5) is 0. The molecule has 0 saturated carbocycles. The topological polar surface area (TPSA) is 48.1 Å². The van der Waals surface area contributed by atoms with Crippen molar-refractivity contribution in [1.82, 2.24) is 21.0 Å². The Labute approximate surface area is 107 Å². The van der Waals surface area contributed by atoms with Gasteiger partial charge in [0.25, 0.3) is 8.40 Å². The monoisotopic (exact) mass is 256 g/mol. The first-order chi connectivity index (χ1) is 7.54. The van der Waals surface area contributed by atoms with Gasteiger partial charge in [-0.15, -0.1) is 13.2 Å². The zero-order valence-corrected chi connectivity index (χ0v) is 13.1. The molecular weight excluding hydrogens is 228 g/mol. The van der Waals surface area contributed by atoms with E-state index in [0.29, 0.717) is 0 Å². The van der Waals surface area contributed by atoms with E-state index >= 15 is 0 Å². The van der Waals surface area contributed by atoms with Crippen molar-refractivity contribution in [2.45, 2.75) is 52.6 Å². The molecule has 0 rings (SSSR count). The van der Waals surface area contributed by atoms with E-state index in [1.807, 2.05) is 11.4 Å². The van der Waals surface area contributed by atoms with Crippen LogP contribution >= 0.6 is 0 Å². The van der Waals surface area contributed by atoms with E-state index < -0.39 is 8.40 Å². The molecule has 0 bridgehead atoms. The molecule has 4 nitrogen and oxygen atoms in total. The molecule has 0 aromatic carbocycles. The Morgan fingerprint density at radius 3 is 1.24 bits per heavy atom. The molecule has 0 heterocycles. The molecule has 0 aromatic rings. The molecule has 0 atom stereocenters. The molecule has 4 N–H and O–H groups in total. The number of hydrogen-bond donors (Lipinski definition) is 4. The Morgan fingerprint density at radius 2 is 1.06 bits per heavy atom. The zero-order valence-electron chi connectivity index (χ0n) is 12.1. The van der Waals surface area contributed by atoms with Crippen LogP contribution in [0.3, 0.4) is 0 Å². The van der Waals surface area contributed by atoms with Gasteiger partial charge in [0.15, 0.2) is 0 Å². The van der Waals surface area contributed by atoms with Crippen LogP contribution in [0.1, 0.15) is 41.5 Å². The highest BCUT2D eigenvalue weighted by Gasteiger charge is 2.29. The zero-order chi connectivity index (χ0) is 13.7. The van der Waals surface area contributed by atoms with Crippen LogP contribution in [0.2, 0.25) is 0 Å². The third-order valence-corrected chi connectivity index (χ3v) is 4.30. The van der Waals surface area contributed by atoms with Crippen LogP contribution in [0, 0.1) is 0 Å². The molecule has 0 spiro atoms. The molecule has 5 heteroatoms. The number of hydrogen-bond acceptors (Lipinski definition) is 4. The maximum absolute atomic E-state index is 3.89. The van der Waals surface area contributed by atoms with E-state index in [-0.39, 0.29) is 11.1 Å². The lowest BCUT2D eigenvalue weighted by Crippen LogP contribution is -2.72. The second-order valence-corrected chi connectivity index (χ2v) is 9.33. The van der Waals surface area contributed by atoms with Gasteiger partial charge in [0.1, 0.15) is 0 Å². The van der Waals surface area contributed by atoms with Crippen molar-refractivity contribution >= 4 is 8.40 Å². The van der Waals surface area contributed by atoms with Crippen molar-refractivity contribution in [3.05, 3.63) is 24.6 Å². The van der Waals surface area contributed by atoms with Gasteiger partial charge < -0.3 is 0 Å². The first-order valence-electron chi connectivity index (χ1n) is 5.89. The fourth-order valence-electron chi connectivity index (χ4n) is 0.901. The maximum atomic E-state index is 3.89. The molecule has 0 aliphatic carbocycles. The normalized spacial score (nSPS) is 13.5. The molecule has 0 radical (unpaired) electrons. The van der Waals surface area contributed by atoms with Gasteiger partial charge in [-0.25, -0.2) is 0 Å². The van der Waals surface area contributed by atoms with E-state index in [4.69, 9.17) is 0 Å². The summed E-state index contributed by atoms with van der Waals surface area (Å²) in [5.41, 5.74) is 10.3. The minimum Gasteiger partial charge on any atom is -0.257 e. The van der Waals surface area contributed by atoms with Gasteiger partial charge in [-0.2, -0.15) is 0 Å². The standard InChI is InChI=1S/C12H28N4Si/c1-9-17(10-2,15-13-11(3,4)5)16-14-12(6,7)8/h9-10,13-16H,1-2H2,3-8H3. The Morgan fingerprint density at radius 1 is 0.765 bits per heavy atom. The predicted molar refractivity (Wildman–Crippen MR) is 78.2 cm³/mol. The van der Waals surface area contributed by atoms with Crippen LogP contribution < -0.4 is 21.0 Å². The third-order valence-electron chi connectivity index (χ3n) is 1.93. The largest absolute Gasteiger partial charge is 0.278 e. The van der Waals surface area contributed by atoms with Crippen LogP contribution in [-0.4, -0.2) is 19.5 Å². The van der Waals surface area contributed by atoms with Gasteiger partial charge in [0.2, 0.25) is 0 Å². The Bertz CT molecular complexity index is 235. The smallest absolute Gasteiger partial charge is 0.257 e. The lowest BCUT2D eigenvalue weighted by Gasteiger charge is -2.34. The first kappa shape index (κ1) is 16.5. The highest BCUT2D eigenvalue weighted by Crippen LogP contribution is 2.02. The lowest BCUT2D eigenvalue weighted by atomic mass is 10.1. The summed E-state index contributed by atoms with van der Waals surface area (Å²) in [6.45, 7) is 20.4. The summed E-state index contributed by atoms with van der Waals surface area (Å²) in [5.74, 6) is 0. The van der Waals surface area contributed by atoms with Gasteiger partial charge in [0, 0.05) is 11.1 Å². The van der Waals surface area contributed by atoms with Crippen LogP contribution in [0.4, 0.5) is 0 Å². The van der Waals surface area contributed by atoms with Crippen LogP contribution in [0.5, 0.6) is 0 Å². The van der Waals surface area contributed by atoms with E-state index in [9.17, 15) is 0 Å². The molecule has 100 valence electrons. The number of nitrogens with one attached hydrogen (secondary N) is 4. The molecule has 0 unspecified atom stereocenters. The molecule has 17 heavy (non-hydrogen) atoms. The molecule has 0 aliphatic rings. The van der Waals surface area contributed by atoms with Crippen LogP contribution in [-0.2, 0) is 0 Å². The second-order valence-electron chi connectivity index (χ2n) is 6.28. The fourth-order valence-corrected chi connectivity index (χ4v) is 2.70. The summed E-state index contributed by atoms with van der Waals surface area (Å²) in [5, 5.41) is 6.65. The summed E-state index contributed by atoms with van der Waals surface area (Å²) >= 11 is 0. The average Bonchev–Trinajstić information content (AvgIpc) is 2.16. The van der Waals surface area contributed by atoms with E-state index in [0.717, 1.165) is 0 Å². The highest BCUT2D eigenvalue weighted by atomic mass is 28.3. The Kier molecular flexibility index (Phi) is 5.77. The molecule has 0 saturated heterocycles. The van der Waals surface area contributed by atoms with Gasteiger partial charge in [-0.1, -0.05) is 11.4 Å². The van der Waals surface area contributed by atoms with Crippen molar-refractivity contribution in [3.63, 3.8) is 0 Å². The molecular formula is C12H28N4Si. The summed E-state index contributed by atoms with van der Waals surface area (Å²) < 4.78 is 0. The second kappa shape index (κ2) is 5.93. The van der Waals surface area contributed by atoms with Crippen molar-refractivity contribution in [2.75, 3.05) is 0 Å². The van der Waals surface area contributed by atoms with E-state index in [2.05, 4.69) is 75.7 Å². The Balaban J connectivity index is 4.57. The van der Waals surface area contributed by atoms with Crippen molar-refractivity contribution in [2.24, 2.45) is 0 Å². The highest BCUT2D eigenvalue weighted by molar-refractivity contribution is 6.84. The molecule has 0 amide bonds. The Hall–Kier alpha value is -0.463. The minimum absolute atomic E-state index is 0.00627. The van der Waals surface area contributed by atoms with Crippen molar-refractivity contribution in [3.8, 4) is 0 Å². The van der Waals surface area contributed by atoms with Gasteiger partial charge in [-0.05, 0) is 41.5 Å². The van der Waals surface area contributed by atoms with E-state index in [1.165, 1.54) is 0 Å². The number of rotatable bonds is 6. The van der Waals surface area contributed by atoms with Crippen LogP contribution in [0.25, 0.3) is 0 Å². The van der Waals surface area contributed by atoms with Gasteiger partial charge in [-0.3, -0.25) is 21.0 Å². The third kappa shape index (κ3) is 7.46. The molecule has 0 aliphatic heterocycles. The quantitative estimate of drug-likeness (QED) is 0.431. The minimum atomic E-state index is -2.16. The average molecular weight is 256 g/mol. The van der Waals surface area contributed by atoms with Crippen molar-refractivity contribution < 1.29 is 0 Å². The number of hydrazine groups is 2. The summed E-state index contributed by atoms with van der Waals surface area (Å²) in [6.07, 6.45) is 0. The summed E-state index contributed by atoms with van der Waals surface area (Å²) in [6, 6.07) is 0. The van der Waals surface area contributed by atoms with Gasteiger partial charge in [0.05, 0.1) is 0 Å². The fraction of sp³-hybridized carbons (Fsp3) is 0.667. The maximum Gasteiger partial charge on any atom is 0.278 e. The van der Waals surface area contributed by atoms with E-state index in [1.54, 1.807) is 0 Å². The lowest BCUT2D eigenvalue weighted by molar-refractivity contribution is 0.380. The molecule has 0 aromatic heterocycles. The molecule has 0 fully saturated rings. The van der Waals surface area contributed by atoms with Gasteiger partial charge >= 0.3 is 0 Å². The SMILES string of the molecule is C=C[Si](C=C)(NNC(C)(C)C)NNC(C)(C)C. The summed E-state index contributed by atoms with van der Waals surface area (Å²) in [7, 11) is -2.16. The predicted octanol–water partition coefficient (Wildman–Crippen LogP) is 1.66. The first-order valence-corrected chi connectivity index (χ1v) is 8.05.